The first kappa shape index (κ1) is 33.7. The second-order valence-electron chi connectivity index (χ2n) is 10.2. The highest BCUT2D eigenvalue weighted by Crippen LogP contribution is 2.45. The summed E-state index contributed by atoms with van der Waals surface area (Å²) in [5.74, 6) is 2.32. The lowest BCUT2D eigenvalue weighted by molar-refractivity contribution is 0.0727. The standard InChI is InChI=1S/C30H54O4PS/c1-3-5-6-7-8-9-10-13-19-25-36-26-20-14-11-12-18-23-29(28-21-16-15-17-22-28)30(31)27-35(32,33)34-24-4-2/h15-17,21-22,29-30H,3-14,18-20,23-27H2,1-2H3,(H,32,33). The fourth-order valence-corrected chi connectivity index (χ4v) is 6.93. The summed E-state index contributed by atoms with van der Waals surface area (Å²) in [6.07, 6.45) is 18.4. The van der Waals surface area contributed by atoms with Crippen molar-refractivity contribution in [2.45, 2.75) is 129 Å². The lowest BCUT2D eigenvalue weighted by atomic mass is 9.89. The monoisotopic (exact) mass is 541 g/mol. The molecule has 0 bridgehead atoms. The SMILES string of the molecule is CCCCCCCCCCCSCCCCCCCC(c1ccccc1)C([O])CP(=O)(O)OCCC. The minimum absolute atomic E-state index is 0.216. The van der Waals surface area contributed by atoms with Crippen LogP contribution in [-0.4, -0.2) is 35.3 Å². The maximum Gasteiger partial charge on any atom is 0.330 e. The van der Waals surface area contributed by atoms with Crippen molar-refractivity contribution in [3.63, 3.8) is 0 Å². The molecule has 0 amide bonds. The second kappa shape index (κ2) is 22.6. The van der Waals surface area contributed by atoms with Gasteiger partial charge in [-0.05, 0) is 42.8 Å². The Morgan fingerprint density at radius 3 is 1.86 bits per heavy atom. The molecule has 1 aromatic carbocycles. The number of hydrogen-bond acceptors (Lipinski definition) is 3. The van der Waals surface area contributed by atoms with Gasteiger partial charge in [0.15, 0.2) is 0 Å². The van der Waals surface area contributed by atoms with Crippen molar-refractivity contribution in [2.24, 2.45) is 0 Å². The Morgan fingerprint density at radius 2 is 1.31 bits per heavy atom. The normalized spacial score (nSPS) is 15.0. The van der Waals surface area contributed by atoms with Crippen LogP contribution in [0.5, 0.6) is 0 Å². The number of unbranched alkanes of at least 4 members (excludes halogenated alkanes) is 12. The smallest absolute Gasteiger partial charge is 0.324 e. The first-order chi connectivity index (χ1) is 17.5. The summed E-state index contributed by atoms with van der Waals surface area (Å²) >= 11 is 2.11. The molecule has 0 aliphatic heterocycles. The fraction of sp³-hybridized carbons (Fsp3) is 0.800. The molecule has 0 saturated carbocycles. The summed E-state index contributed by atoms with van der Waals surface area (Å²) < 4.78 is 17.4. The molecule has 0 fully saturated rings. The highest BCUT2D eigenvalue weighted by Gasteiger charge is 2.31. The first-order valence-corrected chi connectivity index (χ1v) is 17.7. The van der Waals surface area contributed by atoms with Crippen LogP contribution in [-0.2, 0) is 14.2 Å². The lowest BCUT2D eigenvalue weighted by Crippen LogP contribution is -2.22. The summed E-state index contributed by atoms with van der Waals surface area (Å²) in [5.41, 5.74) is 0.973. The minimum Gasteiger partial charge on any atom is -0.324 e. The average Bonchev–Trinajstić information content (AvgIpc) is 2.87. The fourth-order valence-electron chi connectivity index (χ4n) is 4.62. The molecule has 0 spiro atoms. The maximum atomic E-state index is 13.0. The number of benzene rings is 1. The molecule has 4 nitrogen and oxygen atoms in total. The van der Waals surface area contributed by atoms with E-state index >= 15 is 0 Å². The molecule has 1 rings (SSSR count). The average molecular weight is 542 g/mol. The van der Waals surface area contributed by atoms with E-state index in [1.165, 1.54) is 88.6 Å². The van der Waals surface area contributed by atoms with E-state index < -0.39 is 13.7 Å². The van der Waals surface area contributed by atoms with Crippen LogP contribution in [0.2, 0.25) is 0 Å². The highest BCUT2D eigenvalue weighted by atomic mass is 32.2. The highest BCUT2D eigenvalue weighted by molar-refractivity contribution is 7.99. The van der Waals surface area contributed by atoms with Crippen LogP contribution in [0.3, 0.4) is 0 Å². The van der Waals surface area contributed by atoms with E-state index in [2.05, 4.69) is 18.7 Å². The predicted molar refractivity (Wildman–Crippen MR) is 157 cm³/mol. The van der Waals surface area contributed by atoms with E-state index in [1.54, 1.807) is 0 Å². The topological polar surface area (TPSA) is 66.4 Å². The van der Waals surface area contributed by atoms with Crippen LogP contribution < -0.4 is 0 Å². The largest absolute Gasteiger partial charge is 0.330 e. The van der Waals surface area contributed by atoms with Crippen molar-refractivity contribution in [3.05, 3.63) is 35.9 Å². The van der Waals surface area contributed by atoms with E-state index in [1.807, 2.05) is 37.3 Å². The van der Waals surface area contributed by atoms with Crippen molar-refractivity contribution in [1.82, 2.24) is 0 Å². The summed E-state index contributed by atoms with van der Waals surface area (Å²) in [6.45, 7) is 4.38. The molecule has 0 heterocycles. The van der Waals surface area contributed by atoms with E-state index in [0.717, 1.165) is 24.8 Å². The van der Waals surface area contributed by atoms with Gasteiger partial charge in [-0.15, -0.1) is 0 Å². The number of rotatable bonds is 25. The van der Waals surface area contributed by atoms with E-state index in [0.29, 0.717) is 6.42 Å². The van der Waals surface area contributed by atoms with Gasteiger partial charge in [0.1, 0.15) is 6.10 Å². The Balaban J connectivity index is 2.14. The Hall–Kier alpha value is -0.320. The molecule has 0 saturated heterocycles. The lowest BCUT2D eigenvalue weighted by Gasteiger charge is -2.23. The number of thioether (sulfide) groups is 1. The third-order valence-electron chi connectivity index (χ3n) is 6.78. The predicted octanol–water partition coefficient (Wildman–Crippen LogP) is 9.79. The van der Waals surface area contributed by atoms with E-state index in [4.69, 9.17) is 4.52 Å². The van der Waals surface area contributed by atoms with Crippen molar-refractivity contribution in [2.75, 3.05) is 24.3 Å². The van der Waals surface area contributed by atoms with Gasteiger partial charge in [-0.1, -0.05) is 121 Å². The van der Waals surface area contributed by atoms with Crippen LogP contribution in [0.15, 0.2) is 30.3 Å². The van der Waals surface area contributed by atoms with Crippen molar-refractivity contribution in [3.8, 4) is 0 Å². The molecule has 1 radical (unpaired) electrons. The van der Waals surface area contributed by atoms with E-state index in [9.17, 15) is 14.6 Å². The van der Waals surface area contributed by atoms with Gasteiger partial charge in [-0.2, -0.15) is 11.8 Å². The second-order valence-corrected chi connectivity index (χ2v) is 13.3. The Labute approximate surface area is 226 Å². The van der Waals surface area contributed by atoms with Gasteiger partial charge in [0.2, 0.25) is 0 Å². The maximum absolute atomic E-state index is 13.0. The third kappa shape index (κ3) is 18.0. The van der Waals surface area contributed by atoms with Crippen LogP contribution in [0.1, 0.15) is 128 Å². The van der Waals surface area contributed by atoms with Crippen LogP contribution in [0.25, 0.3) is 0 Å². The molecule has 0 aromatic heterocycles. The molecule has 0 aliphatic rings. The Bertz CT molecular complexity index is 658. The zero-order chi connectivity index (χ0) is 26.3. The first-order valence-electron chi connectivity index (χ1n) is 14.7. The Morgan fingerprint density at radius 1 is 0.778 bits per heavy atom. The molecular formula is C30H54O4PS. The summed E-state index contributed by atoms with van der Waals surface area (Å²) in [6, 6.07) is 9.75. The van der Waals surface area contributed by atoms with Gasteiger partial charge < -0.3 is 9.42 Å². The zero-order valence-electron chi connectivity index (χ0n) is 23.2. The molecule has 0 aliphatic carbocycles. The minimum atomic E-state index is -3.83. The molecule has 1 N–H and O–H groups in total. The zero-order valence-corrected chi connectivity index (χ0v) is 24.9. The summed E-state index contributed by atoms with van der Waals surface area (Å²) in [4.78, 5) is 10.1. The molecule has 6 heteroatoms. The molecule has 3 atom stereocenters. The molecule has 1 aromatic rings. The van der Waals surface area contributed by atoms with Crippen molar-refractivity contribution < 1.29 is 19.1 Å². The van der Waals surface area contributed by atoms with Crippen molar-refractivity contribution in [1.29, 1.82) is 0 Å². The van der Waals surface area contributed by atoms with Crippen LogP contribution in [0.4, 0.5) is 0 Å². The van der Waals surface area contributed by atoms with Gasteiger partial charge >= 0.3 is 7.60 Å². The summed E-state index contributed by atoms with van der Waals surface area (Å²) in [7, 11) is -3.83. The quantitative estimate of drug-likeness (QED) is 0.0988. The van der Waals surface area contributed by atoms with Gasteiger partial charge in [-0.3, -0.25) is 4.57 Å². The van der Waals surface area contributed by atoms with Gasteiger partial charge in [-0.25, -0.2) is 5.11 Å². The Kier molecular flexibility index (Phi) is 21.2. The molecule has 209 valence electrons. The summed E-state index contributed by atoms with van der Waals surface area (Å²) in [5, 5.41) is 13.0. The van der Waals surface area contributed by atoms with Crippen LogP contribution >= 0.6 is 19.4 Å². The van der Waals surface area contributed by atoms with E-state index in [-0.39, 0.29) is 18.7 Å². The van der Waals surface area contributed by atoms with Gasteiger partial charge in [0.05, 0.1) is 12.8 Å². The van der Waals surface area contributed by atoms with Gasteiger partial charge in [0, 0.05) is 5.92 Å². The molecule has 36 heavy (non-hydrogen) atoms. The van der Waals surface area contributed by atoms with Crippen LogP contribution in [0, 0.1) is 0 Å². The third-order valence-corrected chi connectivity index (χ3v) is 9.34. The van der Waals surface area contributed by atoms with Gasteiger partial charge in [0.25, 0.3) is 0 Å². The number of hydrogen-bond donors (Lipinski definition) is 1. The molecule has 3 unspecified atom stereocenters. The van der Waals surface area contributed by atoms with Crippen molar-refractivity contribution >= 4 is 19.4 Å². The molecular weight excluding hydrogens is 487 g/mol.